The lowest BCUT2D eigenvalue weighted by Crippen LogP contribution is -2.23. The van der Waals surface area contributed by atoms with E-state index in [4.69, 9.17) is 5.73 Å². The second-order valence-corrected chi connectivity index (χ2v) is 5.30. The Kier molecular flexibility index (Phi) is 3.75. The summed E-state index contributed by atoms with van der Waals surface area (Å²) < 4.78 is 1.03. The molecular formula is C11H10BrN3OS. The summed E-state index contributed by atoms with van der Waals surface area (Å²) in [5, 5.41) is 4.77. The molecule has 0 saturated carbocycles. The first-order chi connectivity index (χ1) is 8.15. The molecule has 0 radical (unpaired) electrons. The van der Waals surface area contributed by atoms with Crippen molar-refractivity contribution in [3.63, 3.8) is 0 Å². The number of nitrogens with two attached hydrogens (primary N) is 1. The Morgan fingerprint density at radius 2 is 2.35 bits per heavy atom. The molecule has 0 fully saturated rings. The Hall–Kier alpha value is -1.40. The monoisotopic (exact) mass is 311 g/mol. The number of nitrogens with zero attached hydrogens (tertiary/aromatic N) is 1. The molecule has 2 heterocycles. The summed E-state index contributed by atoms with van der Waals surface area (Å²) in [5.41, 5.74) is 6.41. The zero-order valence-electron chi connectivity index (χ0n) is 8.81. The lowest BCUT2D eigenvalue weighted by Gasteiger charge is -2.02. The summed E-state index contributed by atoms with van der Waals surface area (Å²) in [5.74, 6) is -0.200. The van der Waals surface area contributed by atoms with Crippen molar-refractivity contribution in [2.24, 2.45) is 0 Å². The maximum atomic E-state index is 11.7. The third-order valence-electron chi connectivity index (χ3n) is 2.06. The maximum absolute atomic E-state index is 11.7. The van der Waals surface area contributed by atoms with Crippen LogP contribution in [0.15, 0.2) is 34.2 Å². The van der Waals surface area contributed by atoms with Crippen LogP contribution in [-0.4, -0.2) is 10.9 Å². The van der Waals surface area contributed by atoms with Crippen LogP contribution in [0.4, 0.5) is 5.69 Å². The Balaban J connectivity index is 1.95. The fourth-order valence-electron chi connectivity index (χ4n) is 1.24. The van der Waals surface area contributed by atoms with Gasteiger partial charge in [-0.25, -0.2) is 4.98 Å². The van der Waals surface area contributed by atoms with E-state index < -0.39 is 0 Å². The predicted molar refractivity (Wildman–Crippen MR) is 71.8 cm³/mol. The Morgan fingerprint density at radius 1 is 1.53 bits per heavy atom. The molecule has 2 rings (SSSR count). The SMILES string of the molecule is Nc1ccc(C(=O)NCc2cc(Br)cs2)nc1. The highest BCUT2D eigenvalue weighted by Crippen LogP contribution is 2.19. The second kappa shape index (κ2) is 5.29. The molecule has 88 valence electrons. The standard InChI is InChI=1S/C11H10BrN3OS/c12-7-3-9(17-6-7)5-15-11(16)10-2-1-8(13)4-14-10/h1-4,6H,5,13H2,(H,15,16). The van der Waals surface area contributed by atoms with Crippen molar-refractivity contribution in [3.05, 3.63) is 44.8 Å². The van der Waals surface area contributed by atoms with Crippen LogP contribution >= 0.6 is 27.3 Å². The third kappa shape index (κ3) is 3.28. The van der Waals surface area contributed by atoms with Gasteiger partial charge in [0.15, 0.2) is 0 Å². The first-order valence-electron chi connectivity index (χ1n) is 4.88. The molecule has 0 aliphatic rings. The molecule has 2 aromatic rings. The number of carbonyl (C=O) groups excluding carboxylic acids is 1. The van der Waals surface area contributed by atoms with Gasteiger partial charge in [-0.3, -0.25) is 4.79 Å². The topological polar surface area (TPSA) is 68.0 Å². The smallest absolute Gasteiger partial charge is 0.270 e. The first-order valence-corrected chi connectivity index (χ1v) is 6.55. The average molecular weight is 312 g/mol. The average Bonchev–Trinajstić information content (AvgIpc) is 2.73. The number of halogens is 1. The molecule has 0 aromatic carbocycles. The Morgan fingerprint density at radius 3 is 2.94 bits per heavy atom. The van der Waals surface area contributed by atoms with Crippen molar-refractivity contribution in [3.8, 4) is 0 Å². The fourth-order valence-corrected chi connectivity index (χ4v) is 2.63. The summed E-state index contributed by atoms with van der Waals surface area (Å²) in [6.07, 6.45) is 1.47. The van der Waals surface area contributed by atoms with E-state index >= 15 is 0 Å². The Bertz CT molecular complexity index is 524. The molecular weight excluding hydrogens is 302 g/mol. The van der Waals surface area contributed by atoms with Gasteiger partial charge >= 0.3 is 0 Å². The number of nitrogens with one attached hydrogen (secondary N) is 1. The second-order valence-electron chi connectivity index (χ2n) is 3.39. The van der Waals surface area contributed by atoms with Crippen molar-refractivity contribution >= 4 is 38.9 Å². The number of carbonyl (C=O) groups is 1. The molecule has 0 unspecified atom stereocenters. The van der Waals surface area contributed by atoms with Gasteiger partial charge in [0.1, 0.15) is 5.69 Å². The molecule has 3 N–H and O–H groups in total. The minimum atomic E-state index is -0.200. The van der Waals surface area contributed by atoms with Gasteiger partial charge in [0.2, 0.25) is 0 Å². The van der Waals surface area contributed by atoms with Crippen LogP contribution in [0.25, 0.3) is 0 Å². The van der Waals surface area contributed by atoms with Crippen molar-refractivity contribution in [1.82, 2.24) is 10.3 Å². The Labute approximate surface area is 111 Å². The highest BCUT2D eigenvalue weighted by atomic mass is 79.9. The van der Waals surface area contributed by atoms with Crippen LogP contribution in [-0.2, 0) is 6.54 Å². The molecule has 0 saturated heterocycles. The number of nitrogen functional groups attached to an aromatic ring is 1. The summed E-state index contributed by atoms with van der Waals surface area (Å²) in [6.45, 7) is 0.501. The summed E-state index contributed by atoms with van der Waals surface area (Å²) >= 11 is 4.95. The zero-order valence-corrected chi connectivity index (χ0v) is 11.2. The minimum Gasteiger partial charge on any atom is -0.397 e. The van der Waals surface area contributed by atoms with E-state index in [-0.39, 0.29) is 5.91 Å². The van der Waals surface area contributed by atoms with E-state index in [0.29, 0.717) is 17.9 Å². The molecule has 0 spiro atoms. The molecule has 0 aliphatic heterocycles. The molecule has 6 heteroatoms. The quantitative estimate of drug-likeness (QED) is 0.914. The van der Waals surface area contributed by atoms with Gasteiger partial charge in [-0.1, -0.05) is 0 Å². The zero-order chi connectivity index (χ0) is 12.3. The lowest BCUT2D eigenvalue weighted by molar-refractivity contribution is 0.0946. The minimum absolute atomic E-state index is 0.200. The van der Waals surface area contributed by atoms with Gasteiger partial charge < -0.3 is 11.1 Å². The van der Waals surface area contributed by atoms with Crippen LogP contribution in [0, 0.1) is 0 Å². The number of aromatic nitrogens is 1. The van der Waals surface area contributed by atoms with Gasteiger partial charge in [0, 0.05) is 14.7 Å². The molecule has 0 bridgehead atoms. The van der Waals surface area contributed by atoms with Crippen LogP contribution in [0.2, 0.25) is 0 Å². The molecule has 0 atom stereocenters. The highest BCUT2D eigenvalue weighted by molar-refractivity contribution is 9.10. The van der Waals surface area contributed by atoms with E-state index in [1.54, 1.807) is 23.5 Å². The van der Waals surface area contributed by atoms with Crippen molar-refractivity contribution in [2.45, 2.75) is 6.54 Å². The molecule has 1 amide bonds. The van der Waals surface area contributed by atoms with Gasteiger partial charge in [-0.15, -0.1) is 11.3 Å². The number of hydrogen-bond donors (Lipinski definition) is 2. The lowest BCUT2D eigenvalue weighted by atomic mass is 10.3. The predicted octanol–water partition coefficient (Wildman–Crippen LogP) is 2.42. The number of amides is 1. The van der Waals surface area contributed by atoms with E-state index in [1.165, 1.54) is 6.20 Å². The van der Waals surface area contributed by atoms with Crippen LogP contribution in [0.3, 0.4) is 0 Å². The van der Waals surface area contributed by atoms with E-state index in [0.717, 1.165) is 9.35 Å². The van der Waals surface area contributed by atoms with E-state index in [1.807, 2.05) is 11.4 Å². The number of rotatable bonds is 3. The molecule has 4 nitrogen and oxygen atoms in total. The fraction of sp³-hybridized carbons (Fsp3) is 0.0909. The highest BCUT2D eigenvalue weighted by Gasteiger charge is 2.06. The largest absolute Gasteiger partial charge is 0.397 e. The molecule has 0 aliphatic carbocycles. The van der Waals surface area contributed by atoms with Crippen LogP contribution in [0.1, 0.15) is 15.4 Å². The van der Waals surface area contributed by atoms with Gasteiger partial charge in [0.05, 0.1) is 18.4 Å². The van der Waals surface area contributed by atoms with Crippen molar-refractivity contribution in [1.29, 1.82) is 0 Å². The number of pyridine rings is 1. The number of thiophene rings is 1. The third-order valence-corrected chi connectivity index (χ3v) is 3.76. The van der Waals surface area contributed by atoms with Crippen LogP contribution < -0.4 is 11.1 Å². The summed E-state index contributed by atoms with van der Waals surface area (Å²) in [4.78, 5) is 16.8. The van der Waals surface area contributed by atoms with Crippen molar-refractivity contribution in [2.75, 3.05) is 5.73 Å². The molecule has 17 heavy (non-hydrogen) atoms. The molecule has 2 aromatic heterocycles. The maximum Gasteiger partial charge on any atom is 0.270 e. The van der Waals surface area contributed by atoms with E-state index in [9.17, 15) is 4.79 Å². The normalized spacial score (nSPS) is 10.2. The van der Waals surface area contributed by atoms with Crippen LogP contribution in [0.5, 0.6) is 0 Å². The van der Waals surface area contributed by atoms with Gasteiger partial charge in [0.25, 0.3) is 5.91 Å². The van der Waals surface area contributed by atoms with E-state index in [2.05, 4.69) is 26.2 Å². The number of anilines is 1. The van der Waals surface area contributed by atoms with Crippen molar-refractivity contribution < 1.29 is 4.79 Å². The first kappa shape index (κ1) is 12.1. The number of hydrogen-bond acceptors (Lipinski definition) is 4. The summed E-state index contributed by atoms with van der Waals surface area (Å²) in [6, 6.07) is 5.24. The van der Waals surface area contributed by atoms with Gasteiger partial charge in [-0.05, 0) is 34.1 Å². The summed E-state index contributed by atoms with van der Waals surface area (Å²) in [7, 11) is 0. The van der Waals surface area contributed by atoms with Gasteiger partial charge in [-0.2, -0.15) is 0 Å².